The van der Waals surface area contributed by atoms with Crippen LogP contribution in [0.25, 0.3) is 0 Å². The SMILES string of the molecule is COc1cc(I)c(Cl)cc1C(=O)NC1CCSCC1. The molecular weight excluding hydrogens is 397 g/mol. The molecule has 1 N–H and O–H groups in total. The van der Waals surface area contributed by atoms with Crippen molar-refractivity contribution in [1.82, 2.24) is 5.32 Å². The minimum Gasteiger partial charge on any atom is -0.496 e. The summed E-state index contributed by atoms with van der Waals surface area (Å²) in [7, 11) is 1.56. The first kappa shape index (κ1) is 15.3. The van der Waals surface area contributed by atoms with Crippen LogP contribution in [0.3, 0.4) is 0 Å². The van der Waals surface area contributed by atoms with Gasteiger partial charge in [0.1, 0.15) is 5.75 Å². The van der Waals surface area contributed by atoms with Crippen LogP contribution in [-0.2, 0) is 0 Å². The highest BCUT2D eigenvalue weighted by Gasteiger charge is 2.20. The fourth-order valence-corrected chi connectivity index (χ4v) is 3.69. The Balaban J connectivity index is 2.15. The number of ether oxygens (including phenoxy) is 1. The molecule has 1 aliphatic heterocycles. The van der Waals surface area contributed by atoms with Crippen LogP contribution in [0.4, 0.5) is 0 Å². The van der Waals surface area contributed by atoms with Gasteiger partial charge < -0.3 is 10.1 Å². The highest BCUT2D eigenvalue weighted by Crippen LogP contribution is 2.28. The number of hydrogen-bond donors (Lipinski definition) is 1. The minimum absolute atomic E-state index is 0.105. The molecule has 1 amide bonds. The van der Waals surface area contributed by atoms with Crippen LogP contribution in [0, 0.1) is 3.57 Å². The monoisotopic (exact) mass is 411 g/mol. The van der Waals surface area contributed by atoms with Crippen molar-refractivity contribution < 1.29 is 9.53 Å². The maximum atomic E-state index is 12.3. The van der Waals surface area contributed by atoms with Gasteiger partial charge in [-0.1, -0.05) is 11.6 Å². The lowest BCUT2D eigenvalue weighted by molar-refractivity contribution is 0.0932. The van der Waals surface area contributed by atoms with E-state index in [9.17, 15) is 4.79 Å². The zero-order valence-corrected chi connectivity index (χ0v) is 14.3. The number of nitrogens with one attached hydrogen (secondary N) is 1. The van der Waals surface area contributed by atoms with Crippen molar-refractivity contribution in [3.05, 3.63) is 26.3 Å². The Morgan fingerprint density at radius 3 is 2.79 bits per heavy atom. The Labute approximate surface area is 135 Å². The van der Waals surface area contributed by atoms with E-state index in [1.54, 1.807) is 19.2 Å². The summed E-state index contributed by atoms with van der Waals surface area (Å²) in [5.41, 5.74) is 0.506. The molecule has 1 saturated heterocycles. The Morgan fingerprint density at radius 2 is 2.16 bits per heavy atom. The summed E-state index contributed by atoms with van der Waals surface area (Å²) >= 11 is 10.1. The van der Waals surface area contributed by atoms with E-state index < -0.39 is 0 Å². The molecule has 0 spiro atoms. The van der Waals surface area contributed by atoms with Crippen LogP contribution in [0.15, 0.2) is 12.1 Å². The molecule has 0 radical (unpaired) electrons. The van der Waals surface area contributed by atoms with E-state index in [4.69, 9.17) is 16.3 Å². The molecule has 1 aromatic carbocycles. The van der Waals surface area contributed by atoms with Gasteiger partial charge in [0.15, 0.2) is 0 Å². The first-order valence-corrected chi connectivity index (χ1v) is 8.64. The third-order valence-corrected chi connectivity index (χ3v) is 5.62. The molecule has 0 bridgehead atoms. The Bertz CT molecular complexity index is 478. The van der Waals surface area contributed by atoms with E-state index in [0.717, 1.165) is 27.9 Å². The zero-order chi connectivity index (χ0) is 13.8. The molecular formula is C13H15ClINO2S. The molecule has 1 aromatic rings. The Morgan fingerprint density at radius 1 is 1.47 bits per heavy atom. The summed E-state index contributed by atoms with van der Waals surface area (Å²) in [6.07, 6.45) is 2.05. The maximum Gasteiger partial charge on any atom is 0.255 e. The van der Waals surface area contributed by atoms with Gasteiger partial charge in [0.25, 0.3) is 5.91 Å². The number of hydrogen-bond acceptors (Lipinski definition) is 3. The first-order valence-electron chi connectivity index (χ1n) is 6.03. The lowest BCUT2D eigenvalue weighted by atomic mass is 10.1. The quantitative estimate of drug-likeness (QED) is 0.773. The van der Waals surface area contributed by atoms with Crippen molar-refractivity contribution in [2.24, 2.45) is 0 Å². The van der Waals surface area contributed by atoms with E-state index in [-0.39, 0.29) is 11.9 Å². The summed E-state index contributed by atoms with van der Waals surface area (Å²) in [5.74, 6) is 2.67. The molecule has 1 fully saturated rings. The fraction of sp³-hybridized carbons (Fsp3) is 0.462. The molecule has 0 aliphatic carbocycles. The maximum absolute atomic E-state index is 12.3. The van der Waals surface area contributed by atoms with E-state index >= 15 is 0 Å². The smallest absolute Gasteiger partial charge is 0.255 e. The normalized spacial score (nSPS) is 16.2. The van der Waals surface area contributed by atoms with Crippen LogP contribution in [0.5, 0.6) is 5.75 Å². The number of carbonyl (C=O) groups is 1. The summed E-state index contributed by atoms with van der Waals surface area (Å²) in [6, 6.07) is 3.72. The van der Waals surface area contributed by atoms with Gasteiger partial charge in [0, 0.05) is 9.61 Å². The van der Waals surface area contributed by atoms with E-state index in [1.807, 2.05) is 11.8 Å². The fourth-order valence-electron chi connectivity index (χ4n) is 1.98. The molecule has 1 aliphatic rings. The van der Waals surface area contributed by atoms with Gasteiger partial charge in [-0.3, -0.25) is 4.79 Å². The second-order valence-corrected chi connectivity index (χ2v) is 7.12. The highest BCUT2D eigenvalue weighted by molar-refractivity contribution is 14.1. The number of benzene rings is 1. The molecule has 104 valence electrons. The number of carbonyl (C=O) groups excluding carboxylic acids is 1. The standard InChI is InChI=1S/C13H15ClINO2S/c1-18-12-7-11(15)10(14)6-9(12)13(17)16-8-2-4-19-5-3-8/h6-8H,2-5H2,1H3,(H,16,17). The second-order valence-electron chi connectivity index (χ2n) is 4.33. The van der Waals surface area contributed by atoms with Crippen molar-refractivity contribution in [3.8, 4) is 5.75 Å². The molecule has 0 atom stereocenters. The molecule has 6 heteroatoms. The molecule has 1 heterocycles. The van der Waals surface area contributed by atoms with Gasteiger partial charge in [-0.05, 0) is 59.1 Å². The third kappa shape index (κ3) is 3.92. The van der Waals surface area contributed by atoms with Crippen LogP contribution >= 0.6 is 46.0 Å². The average Bonchev–Trinajstić information content (AvgIpc) is 2.42. The number of methoxy groups -OCH3 is 1. The summed E-state index contributed by atoms with van der Waals surface area (Å²) < 4.78 is 6.14. The van der Waals surface area contributed by atoms with Crippen LogP contribution in [0.1, 0.15) is 23.2 Å². The van der Waals surface area contributed by atoms with Gasteiger partial charge in [-0.2, -0.15) is 11.8 Å². The molecule has 0 aromatic heterocycles. The molecule has 3 nitrogen and oxygen atoms in total. The van der Waals surface area contributed by atoms with Crippen LogP contribution < -0.4 is 10.1 Å². The largest absolute Gasteiger partial charge is 0.496 e. The van der Waals surface area contributed by atoms with Crippen molar-refractivity contribution in [3.63, 3.8) is 0 Å². The number of halogens is 2. The highest BCUT2D eigenvalue weighted by atomic mass is 127. The molecule has 19 heavy (non-hydrogen) atoms. The number of amides is 1. The van der Waals surface area contributed by atoms with E-state index in [2.05, 4.69) is 27.9 Å². The van der Waals surface area contributed by atoms with Crippen molar-refractivity contribution in [1.29, 1.82) is 0 Å². The number of rotatable bonds is 3. The van der Waals surface area contributed by atoms with Crippen LogP contribution in [-0.4, -0.2) is 30.6 Å². The molecule has 2 rings (SSSR count). The minimum atomic E-state index is -0.105. The average molecular weight is 412 g/mol. The van der Waals surface area contributed by atoms with Gasteiger partial charge >= 0.3 is 0 Å². The van der Waals surface area contributed by atoms with Crippen molar-refractivity contribution in [2.45, 2.75) is 18.9 Å². The number of thioether (sulfide) groups is 1. The van der Waals surface area contributed by atoms with Gasteiger partial charge in [-0.25, -0.2) is 0 Å². The first-order chi connectivity index (χ1) is 9.11. The van der Waals surface area contributed by atoms with E-state index in [0.29, 0.717) is 16.3 Å². The lowest BCUT2D eigenvalue weighted by Crippen LogP contribution is -2.37. The summed E-state index contributed by atoms with van der Waals surface area (Å²) in [6.45, 7) is 0. The topological polar surface area (TPSA) is 38.3 Å². The van der Waals surface area contributed by atoms with Crippen LogP contribution in [0.2, 0.25) is 5.02 Å². The predicted molar refractivity (Wildman–Crippen MR) is 88.5 cm³/mol. The summed E-state index contributed by atoms with van der Waals surface area (Å²) in [4.78, 5) is 12.3. The Hall–Kier alpha value is -0.140. The third-order valence-electron chi connectivity index (χ3n) is 3.04. The van der Waals surface area contributed by atoms with Crippen molar-refractivity contribution in [2.75, 3.05) is 18.6 Å². The van der Waals surface area contributed by atoms with E-state index in [1.165, 1.54) is 0 Å². The molecule has 0 unspecified atom stereocenters. The summed E-state index contributed by atoms with van der Waals surface area (Å²) in [5, 5.41) is 3.64. The van der Waals surface area contributed by atoms with Gasteiger partial charge in [0.05, 0.1) is 17.7 Å². The lowest BCUT2D eigenvalue weighted by Gasteiger charge is -2.23. The van der Waals surface area contributed by atoms with Crippen molar-refractivity contribution >= 4 is 51.9 Å². The van der Waals surface area contributed by atoms with Gasteiger partial charge in [-0.15, -0.1) is 0 Å². The second kappa shape index (κ2) is 7.04. The molecule has 0 saturated carbocycles. The van der Waals surface area contributed by atoms with Gasteiger partial charge in [0.2, 0.25) is 0 Å². The predicted octanol–water partition coefficient (Wildman–Crippen LogP) is 3.58. The zero-order valence-electron chi connectivity index (χ0n) is 10.5. The Kier molecular flexibility index (Phi) is 5.65.